The number of thioether (sulfide) groups is 1. The van der Waals surface area contributed by atoms with Crippen LogP contribution in [0.2, 0.25) is 0 Å². The van der Waals surface area contributed by atoms with E-state index in [0.717, 1.165) is 24.3 Å². The van der Waals surface area contributed by atoms with Gasteiger partial charge in [-0.1, -0.05) is 66.4 Å². The van der Waals surface area contributed by atoms with E-state index in [1.54, 1.807) is 6.92 Å². The first-order valence-corrected chi connectivity index (χ1v) is 18.9. The van der Waals surface area contributed by atoms with E-state index in [9.17, 15) is 24.0 Å². The molecule has 2 amide bonds. The lowest BCUT2D eigenvalue weighted by Crippen LogP contribution is -2.49. The number of rotatable bonds is 19. The van der Waals surface area contributed by atoms with Gasteiger partial charge in [-0.2, -0.15) is 0 Å². The number of esters is 2. The Kier molecular flexibility index (Phi) is 16.3. The summed E-state index contributed by atoms with van der Waals surface area (Å²) in [5.41, 5.74) is 5.73. The lowest BCUT2D eigenvalue weighted by atomic mass is 10.1. The van der Waals surface area contributed by atoms with Crippen LogP contribution in [0.1, 0.15) is 39.0 Å². The van der Waals surface area contributed by atoms with Crippen LogP contribution >= 0.6 is 19.0 Å². The van der Waals surface area contributed by atoms with Crippen LogP contribution in [-0.2, 0) is 33.4 Å². The molecule has 0 aromatic heterocycles. The molecule has 0 fully saturated rings. The van der Waals surface area contributed by atoms with Gasteiger partial charge in [-0.05, 0) is 62.6 Å². The molecule has 4 N–H and O–H groups in total. The summed E-state index contributed by atoms with van der Waals surface area (Å²) in [5.74, 6) is -2.46. The molecule has 48 heavy (non-hydrogen) atoms. The maximum absolute atomic E-state index is 13.1. The summed E-state index contributed by atoms with van der Waals surface area (Å²) < 4.78 is 9.44. The molecule has 10 nitrogen and oxygen atoms in total. The van der Waals surface area contributed by atoms with Crippen molar-refractivity contribution in [2.75, 3.05) is 32.2 Å². The second-order valence-corrected chi connectivity index (χ2v) is 15.7. The van der Waals surface area contributed by atoms with Crippen LogP contribution in [-0.4, -0.2) is 73.1 Å². The van der Waals surface area contributed by atoms with E-state index in [2.05, 4.69) is 88.2 Å². The van der Waals surface area contributed by atoms with Crippen LogP contribution in [0, 0.1) is 0 Å². The minimum atomic E-state index is -2.01. The Bertz CT molecular complexity index is 1380. The van der Waals surface area contributed by atoms with Gasteiger partial charge in [-0.25, -0.2) is 0 Å². The smallest absolute Gasteiger partial charge is 0.325 e. The molecule has 0 aliphatic rings. The van der Waals surface area contributed by atoms with Crippen LogP contribution in [0.15, 0.2) is 91.0 Å². The van der Waals surface area contributed by atoms with Crippen molar-refractivity contribution in [1.82, 2.24) is 10.6 Å². The fourth-order valence-electron chi connectivity index (χ4n) is 5.25. The van der Waals surface area contributed by atoms with Crippen LogP contribution < -0.4 is 32.3 Å². The third-order valence-corrected chi connectivity index (χ3v) is 13.2. The molecule has 0 saturated carbocycles. The first-order valence-electron chi connectivity index (χ1n) is 16.0. The van der Waals surface area contributed by atoms with Crippen molar-refractivity contribution in [3.8, 4) is 0 Å². The number of hydrogen-bond donors (Lipinski definition) is 3. The number of nitrogens with one attached hydrogen (secondary N) is 2. The van der Waals surface area contributed by atoms with Gasteiger partial charge >= 0.3 is 11.9 Å². The van der Waals surface area contributed by atoms with E-state index < -0.39 is 43.1 Å². The Morgan fingerprint density at radius 2 is 1.35 bits per heavy atom. The number of hydrogen-bond acceptors (Lipinski definition) is 9. The predicted molar refractivity (Wildman–Crippen MR) is 192 cm³/mol. The van der Waals surface area contributed by atoms with Crippen LogP contribution in [0.4, 0.5) is 0 Å². The zero-order valence-electron chi connectivity index (χ0n) is 27.5. The van der Waals surface area contributed by atoms with Crippen molar-refractivity contribution in [3.63, 3.8) is 0 Å². The molecule has 0 saturated heterocycles. The van der Waals surface area contributed by atoms with Gasteiger partial charge in [0.25, 0.3) is 0 Å². The third kappa shape index (κ3) is 11.6. The zero-order chi connectivity index (χ0) is 34.8. The molecular formula is C36H45N3O7PS+. The Morgan fingerprint density at radius 3 is 1.85 bits per heavy atom. The fourth-order valence-corrected chi connectivity index (χ4v) is 10.5. The molecule has 3 aromatic carbocycles. The third-order valence-electron chi connectivity index (χ3n) is 7.68. The molecule has 3 rings (SSSR count). The molecule has 0 aliphatic carbocycles. The summed E-state index contributed by atoms with van der Waals surface area (Å²) >= 11 is 0.959. The monoisotopic (exact) mass is 694 g/mol. The van der Waals surface area contributed by atoms with Gasteiger partial charge in [0.2, 0.25) is 11.8 Å². The summed E-state index contributed by atoms with van der Waals surface area (Å²) in [7, 11) is -0.808. The lowest BCUT2D eigenvalue weighted by molar-refractivity contribution is -0.143. The first kappa shape index (κ1) is 38.4. The number of ether oxygens (including phenoxy) is 2. The number of unbranched alkanes of at least 4 members (excludes halogenated alkanes) is 1. The fraction of sp³-hybridized carbons (Fsp3) is 0.361. The quantitative estimate of drug-likeness (QED) is 0.0977. The Labute approximate surface area is 287 Å². The predicted octanol–water partition coefficient (Wildman–Crippen LogP) is 2.86. The molecule has 0 aliphatic heterocycles. The SMILES string of the molecule is CCOC(=O)CNC(=O)C(CSC(=O)CCCC[P+](c1ccccc1)(c1ccccc1)c1ccccc1)NC(=O)CCC(N)C(=O)OC. The standard InChI is InChI=1S/C36H44N3O7PS/c1-3-46-33(41)25-38-35(43)31(39-32(40)23-22-30(37)36(44)45-2)26-48-34(42)21-13-14-24-47(27-15-7-4-8-16-27,28-17-9-5-10-18-28)29-19-11-6-12-20-29/h4-12,15-20,30-31H,3,13-14,21-26,37H2,1-2H3,(H-,38,39,40,43)/p+1. The summed E-state index contributed by atoms with van der Waals surface area (Å²) in [6.45, 7) is 1.43. The highest BCUT2D eigenvalue weighted by Crippen LogP contribution is 2.56. The molecule has 2 atom stereocenters. The van der Waals surface area contributed by atoms with Gasteiger partial charge in [-0.15, -0.1) is 0 Å². The Balaban J connectivity index is 1.65. The number of carbonyl (C=O) groups excluding carboxylic acids is 5. The molecule has 0 radical (unpaired) electrons. The second-order valence-electron chi connectivity index (χ2n) is 11.0. The van der Waals surface area contributed by atoms with Crippen molar-refractivity contribution in [3.05, 3.63) is 91.0 Å². The van der Waals surface area contributed by atoms with Crippen LogP contribution in [0.25, 0.3) is 0 Å². The van der Waals surface area contributed by atoms with E-state index in [4.69, 9.17) is 10.5 Å². The highest BCUT2D eigenvalue weighted by Gasteiger charge is 2.44. The van der Waals surface area contributed by atoms with E-state index >= 15 is 0 Å². The molecule has 256 valence electrons. The molecule has 0 heterocycles. The van der Waals surface area contributed by atoms with Crippen molar-refractivity contribution in [1.29, 1.82) is 0 Å². The van der Waals surface area contributed by atoms with E-state index in [-0.39, 0.29) is 36.9 Å². The highest BCUT2D eigenvalue weighted by molar-refractivity contribution is 8.13. The summed E-state index contributed by atoms with van der Waals surface area (Å²) in [5, 5.41) is 8.79. The minimum absolute atomic E-state index is 0.0147. The van der Waals surface area contributed by atoms with Gasteiger partial charge < -0.3 is 25.8 Å². The maximum atomic E-state index is 13.1. The van der Waals surface area contributed by atoms with Crippen molar-refractivity contribution >= 4 is 63.8 Å². The molecule has 3 aromatic rings. The molecule has 0 bridgehead atoms. The van der Waals surface area contributed by atoms with Gasteiger partial charge in [0.1, 0.15) is 41.8 Å². The maximum Gasteiger partial charge on any atom is 0.325 e. The lowest BCUT2D eigenvalue weighted by Gasteiger charge is -2.27. The topological polar surface area (TPSA) is 154 Å². The van der Waals surface area contributed by atoms with E-state index in [1.807, 2.05) is 18.2 Å². The highest BCUT2D eigenvalue weighted by atomic mass is 32.2. The summed E-state index contributed by atoms with van der Waals surface area (Å²) in [4.78, 5) is 62.0. The number of benzene rings is 3. The Morgan fingerprint density at radius 1 is 0.812 bits per heavy atom. The van der Waals surface area contributed by atoms with Crippen molar-refractivity contribution in [2.24, 2.45) is 5.73 Å². The molecule has 12 heteroatoms. The number of methoxy groups -OCH3 is 1. The van der Waals surface area contributed by atoms with Gasteiger partial charge in [0.05, 0.1) is 19.9 Å². The van der Waals surface area contributed by atoms with Gasteiger partial charge in [0.15, 0.2) is 5.12 Å². The molecular weight excluding hydrogens is 649 g/mol. The summed E-state index contributed by atoms with van der Waals surface area (Å²) in [6.07, 6.45) is 2.51. The largest absolute Gasteiger partial charge is 0.468 e. The molecule has 2 unspecified atom stereocenters. The normalized spacial score (nSPS) is 12.3. The second kappa shape index (κ2) is 20.3. The van der Waals surface area contributed by atoms with E-state index in [0.29, 0.717) is 12.8 Å². The van der Waals surface area contributed by atoms with E-state index in [1.165, 1.54) is 23.0 Å². The van der Waals surface area contributed by atoms with Gasteiger partial charge in [-0.3, -0.25) is 24.0 Å². The van der Waals surface area contributed by atoms with Crippen molar-refractivity contribution < 1.29 is 33.4 Å². The number of nitrogens with two attached hydrogens (primary N) is 1. The molecule has 0 spiro atoms. The van der Waals surface area contributed by atoms with Crippen LogP contribution in [0.5, 0.6) is 0 Å². The van der Waals surface area contributed by atoms with Crippen LogP contribution in [0.3, 0.4) is 0 Å². The minimum Gasteiger partial charge on any atom is -0.468 e. The average molecular weight is 695 g/mol. The van der Waals surface area contributed by atoms with Crippen molar-refractivity contribution in [2.45, 2.75) is 51.1 Å². The zero-order valence-corrected chi connectivity index (χ0v) is 29.2. The van der Waals surface area contributed by atoms with Gasteiger partial charge in [0, 0.05) is 18.6 Å². The Hall–Kier alpha value is -4.05. The first-order chi connectivity index (χ1) is 23.2. The number of amides is 2. The average Bonchev–Trinajstić information content (AvgIpc) is 3.12. The summed E-state index contributed by atoms with van der Waals surface area (Å²) in [6, 6.07) is 29.6. The number of carbonyl (C=O) groups is 5.